The molecule has 0 aliphatic heterocycles. The van der Waals surface area contributed by atoms with E-state index in [0.717, 1.165) is 5.56 Å². The van der Waals surface area contributed by atoms with E-state index in [2.05, 4.69) is 0 Å². The van der Waals surface area contributed by atoms with E-state index in [9.17, 15) is 4.79 Å². The first-order chi connectivity index (χ1) is 7.27. The predicted molar refractivity (Wildman–Crippen MR) is 56.5 cm³/mol. The number of ether oxygens (including phenoxy) is 2. The van der Waals surface area contributed by atoms with Gasteiger partial charge in [-0.25, -0.2) is 4.79 Å². The Bertz CT molecular complexity index is 308. The number of carbonyl (C=O) groups excluding carboxylic acids is 1. The van der Waals surface area contributed by atoms with Gasteiger partial charge in [-0.15, -0.1) is 0 Å². The van der Waals surface area contributed by atoms with Crippen molar-refractivity contribution in [3.8, 4) is 0 Å². The lowest BCUT2D eigenvalue weighted by Crippen LogP contribution is -2.10. The van der Waals surface area contributed by atoms with Crippen LogP contribution in [0, 0.1) is 0 Å². The van der Waals surface area contributed by atoms with Crippen molar-refractivity contribution in [2.75, 3.05) is 20.3 Å². The van der Waals surface area contributed by atoms with E-state index in [1.807, 2.05) is 12.1 Å². The third-order valence-electron chi connectivity index (χ3n) is 1.95. The maximum atomic E-state index is 11.4. The maximum Gasteiger partial charge on any atom is 0.338 e. The molecule has 0 unspecified atom stereocenters. The third kappa shape index (κ3) is 3.69. The van der Waals surface area contributed by atoms with E-state index >= 15 is 0 Å². The van der Waals surface area contributed by atoms with E-state index in [4.69, 9.17) is 15.2 Å². The summed E-state index contributed by atoms with van der Waals surface area (Å²) < 4.78 is 9.72. The molecular weight excluding hydrogens is 194 g/mol. The molecule has 2 N–H and O–H groups in total. The molecule has 4 nitrogen and oxygen atoms in total. The van der Waals surface area contributed by atoms with Gasteiger partial charge in [-0.3, -0.25) is 0 Å². The van der Waals surface area contributed by atoms with Crippen LogP contribution in [0.5, 0.6) is 0 Å². The lowest BCUT2D eigenvalue weighted by atomic mass is 10.1. The average Bonchev–Trinajstić information content (AvgIpc) is 2.29. The number of hydrogen-bond donors (Lipinski definition) is 1. The summed E-state index contributed by atoms with van der Waals surface area (Å²) in [5.41, 5.74) is 6.96. The lowest BCUT2D eigenvalue weighted by Gasteiger charge is -2.04. The fraction of sp³-hybridized carbons (Fsp3) is 0.364. The van der Waals surface area contributed by atoms with Gasteiger partial charge < -0.3 is 15.2 Å². The second-order valence-electron chi connectivity index (χ2n) is 3.03. The number of benzene rings is 1. The number of esters is 1. The Balaban J connectivity index is 2.50. The molecule has 82 valence electrons. The van der Waals surface area contributed by atoms with Gasteiger partial charge in [-0.2, -0.15) is 0 Å². The minimum absolute atomic E-state index is 0.272. The fourth-order valence-electron chi connectivity index (χ4n) is 1.08. The Hall–Kier alpha value is -1.39. The molecule has 0 aromatic heterocycles. The Morgan fingerprint density at radius 1 is 1.27 bits per heavy atom. The van der Waals surface area contributed by atoms with Gasteiger partial charge in [0.15, 0.2) is 0 Å². The van der Waals surface area contributed by atoms with Crippen LogP contribution in [-0.4, -0.2) is 26.3 Å². The highest BCUT2D eigenvalue weighted by atomic mass is 16.6. The third-order valence-corrected chi connectivity index (χ3v) is 1.95. The molecule has 1 rings (SSSR count). The molecule has 1 aromatic carbocycles. The van der Waals surface area contributed by atoms with Crippen LogP contribution in [0.25, 0.3) is 0 Å². The summed E-state index contributed by atoms with van der Waals surface area (Å²) in [6.07, 6.45) is 0. The standard InChI is InChI=1S/C11H15NO3/c1-14-6-7-15-11(13)10-4-2-9(8-12)3-5-10/h2-5H,6-8,12H2,1H3. The quantitative estimate of drug-likeness (QED) is 0.579. The highest BCUT2D eigenvalue weighted by Gasteiger charge is 2.05. The van der Waals surface area contributed by atoms with Crippen molar-refractivity contribution in [2.24, 2.45) is 5.73 Å². The summed E-state index contributed by atoms with van der Waals surface area (Å²) in [5.74, 6) is -0.337. The molecule has 0 spiro atoms. The van der Waals surface area contributed by atoms with Gasteiger partial charge in [0.1, 0.15) is 6.61 Å². The van der Waals surface area contributed by atoms with Crippen LogP contribution in [0.3, 0.4) is 0 Å². The second-order valence-corrected chi connectivity index (χ2v) is 3.03. The zero-order valence-electron chi connectivity index (χ0n) is 8.73. The molecular formula is C11H15NO3. The van der Waals surface area contributed by atoms with Crippen LogP contribution in [0.4, 0.5) is 0 Å². The van der Waals surface area contributed by atoms with Crippen LogP contribution in [0.2, 0.25) is 0 Å². The summed E-state index contributed by atoms with van der Waals surface area (Å²) in [6.45, 7) is 1.15. The number of carbonyl (C=O) groups is 1. The van der Waals surface area contributed by atoms with Crippen molar-refractivity contribution in [2.45, 2.75) is 6.54 Å². The minimum Gasteiger partial charge on any atom is -0.460 e. The van der Waals surface area contributed by atoms with E-state index in [1.165, 1.54) is 0 Å². The Labute approximate surface area is 89.0 Å². The maximum absolute atomic E-state index is 11.4. The van der Waals surface area contributed by atoms with Gasteiger partial charge >= 0.3 is 5.97 Å². The van der Waals surface area contributed by atoms with E-state index < -0.39 is 0 Å². The van der Waals surface area contributed by atoms with Crippen molar-refractivity contribution in [3.63, 3.8) is 0 Å². The average molecular weight is 209 g/mol. The highest BCUT2D eigenvalue weighted by molar-refractivity contribution is 5.89. The van der Waals surface area contributed by atoms with Gasteiger partial charge in [0.2, 0.25) is 0 Å². The normalized spacial score (nSPS) is 10.0. The molecule has 0 saturated carbocycles. The first-order valence-electron chi connectivity index (χ1n) is 4.73. The molecule has 0 heterocycles. The Morgan fingerprint density at radius 3 is 2.47 bits per heavy atom. The summed E-state index contributed by atoms with van der Waals surface area (Å²) in [6, 6.07) is 7.04. The Morgan fingerprint density at radius 2 is 1.93 bits per heavy atom. The second kappa shape index (κ2) is 6.16. The SMILES string of the molecule is COCCOC(=O)c1ccc(CN)cc1. The number of nitrogens with two attached hydrogens (primary N) is 1. The van der Waals surface area contributed by atoms with Gasteiger partial charge in [0.05, 0.1) is 12.2 Å². The van der Waals surface area contributed by atoms with Crippen molar-refractivity contribution < 1.29 is 14.3 Å². The molecule has 0 atom stereocenters. The van der Waals surface area contributed by atoms with E-state index in [-0.39, 0.29) is 12.6 Å². The summed E-state index contributed by atoms with van der Waals surface area (Å²) >= 11 is 0. The molecule has 1 aromatic rings. The van der Waals surface area contributed by atoms with Crippen LogP contribution >= 0.6 is 0 Å². The largest absolute Gasteiger partial charge is 0.460 e. The first-order valence-corrected chi connectivity index (χ1v) is 4.73. The van der Waals surface area contributed by atoms with Crippen molar-refractivity contribution >= 4 is 5.97 Å². The fourth-order valence-corrected chi connectivity index (χ4v) is 1.08. The molecule has 4 heteroatoms. The van der Waals surface area contributed by atoms with Crippen LogP contribution in [-0.2, 0) is 16.0 Å². The predicted octanol–water partition coefficient (Wildman–Crippen LogP) is 0.949. The zero-order chi connectivity index (χ0) is 11.1. The molecule has 0 aliphatic rings. The first kappa shape index (κ1) is 11.7. The molecule has 0 fully saturated rings. The minimum atomic E-state index is -0.337. The van der Waals surface area contributed by atoms with Crippen molar-refractivity contribution in [3.05, 3.63) is 35.4 Å². The van der Waals surface area contributed by atoms with Gasteiger partial charge in [0, 0.05) is 13.7 Å². The van der Waals surface area contributed by atoms with Gasteiger partial charge in [-0.05, 0) is 17.7 Å². The molecule has 0 saturated heterocycles. The highest BCUT2D eigenvalue weighted by Crippen LogP contribution is 2.05. The number of methoxy groups -OCH3 is 1. The van der Waals surface area contributed by atoms with Gasteiger partial charge in [-0.1, -0.05) is 12.1 Å². The molecule has 0 amide bonds. The smallest absolute Gasteiger partial charge is 0.338 e. The van der Waals surface area contributed by atoms with Gasteiger partial charge in [0.25, 0.3) is 0 Å². The van der Waals surface area contributed by atoms with Crippen LogP contribution in [0.1, 0.15) is 15.9 Å². The molecule has 0 aliphatic carbocycles. The number of rotatable bonds is 5. The number of hydrogen-bond acceptors (Lipinski definition) is 4. The molecule has 0 bridgehead atoms. The van der Waals surface area contributed by atoms with Crippen LogP contribution < -0.4 is 5.73 Å². The summed E-state index contributed by atoms with van der Waals surface area (Å²) in [5, 5.41) is 0. The van der Waals surface area contributed by atoms with Crippen molar-refractivity contribution in [1.82, 2.24) is 0 Å². The van der Waals surface area contributed by atoms with E-state index in [1.54, 1.807) is 19.2 Å². The van der Waals surface area contributed by atoms with E-state index in [0.29, 0.717) is 18.7 Å². The van der Waals surface area contributed by atoms with Crippen molar-refractivity contribution in [1.29, 1.82) is 0 Å². The lowest BCUT2D eigenvalue weighted by molar-refractivity contribution is 0.0388. The summed E-state index contributed by atoms with van der Waals surface area (Å²) in [4.78, 5) is 11.4. The topological polar surface area (TPSA) is 61.5 Å². The zero-order valence-corrected chi connectivity index (χ0v) is 8.73. The van der Waals surface area contributed by atoms with Crippen LogP contribution in [0.15, 0.2) is 24.3 Å². The molecule has 0 radical (unpaired) electrons. The Kier molecular flexibility index (Phi) is 4.80. The summed E-state index contributed by atoms with van der Waals surface area (Å²) in [7, 11) is 1.56. The molecule has 15 heavy (non-hydrogen) atoms. The monoisotopic (exact) mass is 209 g/mol.